The maximum Gasteiger partial charge on any atom is 0.0750 e. The summed E-state index contributed by atoms with van der Waals surface area (Å²) in [6, 6.07) is 4.11. The Balaban J connectivity index is 1.94. The molecule has 0 spiro atoms. The molecule has 1 aromatic heterocycles. The van der Waals surface area contributed by atoms with Gasteiger partial charge in [-0.05, 0) is 31.4 Å². The number of rotatable bonds is 5. The van der Waals surface area contributed by atoms with Crippen LogP contribution in [0.1, 0.15) is 31.9 Å². The minimum absolute atomic E-state index is 0.368. The Labute approximate surface area is 109 Å². The maximum absolute atomic E-state index is 5.85. The summed E-state index contributed by atoms with van der Waals surface area (Å²) >= 11 is 0. The second kappa shape index (κ2) is 6.71. The highest BCUT2D eigenvalue weighted by molar-refractivity contribution is 5.45. The zero-order valence-corrected chi connectivity index (χ0v) is 11.1. The van der Waals surface area contributed by atoms with Gasteiger partial charge in [-0.25, -0.2) is 0 Å². The van der Waals surface area contributed by atoms with Crippen LogP contribution in [0.25, 0.3) is 0 Å². The Morgan fingerprint density at radius 3 is 3.06 bits per heavy atom. The number of ether oxygens (including phenoxy) is 1. The first-order valence-corrected chi connectivity index (χ1v) is 6.85. The number of nitrogens with zero attached hydrogens (tertiary/aromatic N) is 2. The van der Waals surface area contributed by atoms with Crippen molar-refractivity contribution in [3.05, 3.63) is 24.0 Å². The lowest BCUT2D eigenvalue weighted by molar-refractivity contribution is 0.0440. The van der Waals surface area contributed by atoms with Crippen LogP contribution < -0.4 is 10.6 Å². The van der Waals surface area contributed by atoms with Crippen molar-refractivity contribution in [1.29, 1.82) is 0 Å². The van der Waals surface area contributed by atoms with E-state index in [2.05, 4.69) is 22.9 Å². The van der Waals surface area contributed by atoms with Gasteiger partial charge in [0, 0.05) is 26.2 Å². The van der Waals surface area contributed by atoms with Crippen LogP contribution >= 0.6 is 0 Å². The summed E-state index contributed by atoms with van der Waals surface area (Å²) in [5.41, 5.74) is 7.68. The summed E-state index contributed by atoms with van der Waals surface area (Å²) in [5.74, 6) is 0. The highest BCUT2D eigenvalue weighted by atomic mass is 16.5. The van der Waals surface area contributed by atoms with Gasteiger partial charge in [0.25, 0.3) is 0 Å². The van der Waals surface area contributed by atoms with Crippen LogP contribution in [0.15, 0.2) is 18.3 Å². The summed E-state index contributed by atoms with van der Waals surface area (Å²) in [7, 11) is 0. The molecule has 1 atom stereocenters. The molecule has 1 saturated heterocycles. The second-order valence-electron chi connectivity index (χ2n) is 4.79. The summed E-state index contributed by atoms with van der Waals surface area (Å²) in [6.07, 6.45) is 5.73. The molecule has 100 valence electrons. The molecule has 1 aromatic rings. The fraction of sp³-hybridized carbons (Fsp3) is 0.643. The molecule has 0 radical (unpaired) electrons. The zero-order valence-electron chi connectivity index (χ0n) is 11.1. The number of piperidine rings is 1. The monoisotopic (exact) mass is 249 g/mol. The third kappa shape index (κ3) is 3.43. The quantitative estimate of drug-likeness (QED) is 0.866. The van der Waals surface area contributed by atoms with Crippen molar-refractivity contribution in [3.8, 4) is 0 Å². The van der Waals surface area contributed by atoms with E-state index in [1.165, 1.54) is 18.5 Å². The Hall–Kier alpha value is -1.13. The van der Waals surface area contributed by atoms with Crippen molar-refractivity contribution < 1.29 is 4.74 Å². The number of hydrogen-bond acceptors (Lipinski definition) is 4. The van der Waals surface area contributed by atoms with Gasteiger partial charge in [0.05, 0.1) is 23.7 Å². The van der Waals surface area contributed by atoms with Gasteiger partial charge in [-0.3, -0.25) is 4.98 Å². The minimum Gasteiger partial charge on any atom is -0.376 e. The van der Waals surface area contributed by atoms with E-state index in [4.69, 9.17) is 10.5 Å². The lowest BCUT2D eigenvalue weighted by Gasteiger charge is -2.34. The van der Waals surface area contributed by atoms with E-state index in [0.29, 0.717) is 12.6 Å². The van der Waals surface area contributed by atoms with Gasteiger partial charge in [-0.2, -0.15) is 0 Å². The zero-order chi connectivity index (χ0) is 12.8. The summed E-state index contributed by atoms with van der Waals surface area (Å²) in [6.45, 7) is 5.58. The first-order chi connectivity index (χ1) is 8.83. The number of hydrogen-bond donors (Lipinski definition) is 1. The van der Waals surface area contributed by atoms with E-state index in [0.717, 1.165) is 31.8 Å². The third-order valence-corrected chi connectivity index (χ3v) is 3.32. The van der Waals surface area contributed by atoms with Crippen molar-refractivity contribution in [2.45, 2.75) is 38.8 Å². The van der Waals surface area contributed by atoms with Crippen LogP contribution in [0.3, 0.4) is 0 Å². The average molecular weight is 249 g/mol. The highest BCUT2D eigenvalue weighted by Gasteiger charge is 2.20. The second-order valence-corrected chi connectivity index (χ2v) is 4.79. The Morgan fingerprint density at radius 1 is 1.50 bits per heavy atom. The van der Waals surface area contributed by atoms with Crippen molar-refractivity contribution in [1.82, 2.24) is 4.98 Å². The van der Waals surface area contributed by atoms with E-state index >= 15 is 0 Å². The van der Waals surface area contributed by atoms with Crippen molar-refractivity contribution in [3.63, 3.8) is 0 Å². The number of aromatic nitrogens is 1. The molecule has 4 heteroatoms. The van der Waals surface area contributed by atoms with E-state index in [-0.39, 0.29) is 0 Å². The van der Waals surface area contributed by atoms with Gasteiger partial charge in [0.1, 0.15) is 0 Å². The molecule has 0 aromatic carbocycles. The molecule has 0 saturated carbocycles. The molecule has 2 rings (SSSR count). The first-order valence-electron chi connectivity index (χ1n) is 6.85. The van der Waals surface area contributed by atoms with Crippen molar-refractivity contribution >= 4 is 5.69 Å². The van der Waals surface area contributed by atoms with Crippen LogP contribution in [0, 0.1) is 0 Å². The summed E-state index contributed by atoms with van der Waals surface area (Å²) in [4.78, 5) is 6.71. The van der Waals surface area contributed by atoms with Gasteiger partial charge < -0.3 is 15.4 Å². The van der Waals surface area contributed by atoms with Crippen molar-refractivity contribution in [2.24, 2.45) is 5.73 Å². The van der Waals surface area contributed by atoms with Crippen LogP contribution in [-0.4, -0.2) is 30.8 Å². The predicted molar refractivity (Wildman–Crippen MR) is 73.6 cm³/mol. The van der Waals surface area contributed by atoms with Gasteiger partial charge >= 0.3 is 0 Å². The smallest absolute Gasteiger partial charge is 0.0750 e. The molecule has 1 aliphatic rings. The molecule has 1 aliphatic heterocycles. The van der Waals surface area contributed by atoms with Crippen LogP contribution in [-0.2, 0) is 11.3 Å². The van der Waals surface area contributed by atoms with E-state index < -0.39 is 0 Å². The Morgan fingerprint density at radius 2 is 2.39 bits per heavy atom. The predicted octanol–water partition coefficient (Wildman–Crippen LogP) is 1.94. The molecule has 1 fully saturated rings. The average Bonchev–Trinajstić information content (AvgIpc) is 2.45. The normalized spacial score (nSPS) is 20.1. The summed E-state index contributed by atoms with van der Waals surface area (Å²) < 4.78 is 5.85. The summed E-state index contributed by atoms with van der Waals surface area (Å²) in [5, 5.41) is 0. The van der Waals surface area contributed by atoms with E-state index in [1.807, 2.05) is 12.3 Å². The largest absolute Gasteiger partial charge is 0.376 e. The molecular formula is C14H23N3O. The van der Waals surface area contributed by atoms with E-state index in [1.54, 1.807) is 0 Å². The lowest BCUT2D eigenvalue weighted by atomic mass is 10.1. The maximum atomic E-state index is 5.85. The van der Waals surface area contributed by atoms with E-state index in [9.17, 15) is 0 Å². The Kier molecular flexibility index (Phi) is 4.96. The molecule has 0 aliphatic carbocycles. The fourth-order valence-electron chi connectivity index (χ4n) is 2.32. The molecule has 0 amide bonds. The van der Waals surface area contributed by atoms with Gasteiger partial charge in [-0.15, -0.1) is 0 Å². The fourth-order valence-corrected chi connectivity index (χ4v) is 2.32. The van der Waals surface area contributed by atoms with Gasteiger partial charge in [-0.1, -0.05) is 6.92 Å². The SMILES string of the molecule is CCCOC1CCCN(c2ccc(CN)nc2)C1. The van der Waals surface area contributed by atoms with Gasteiger partial charge in [0.2, 0.25) is 0 Å². The molecule has 2 N–H and O–H groups in total. The molecule has 18 heavy (non-hydrogen) atoms. The van der Waals surface area contributed by atoms with Crippen LogP contribution in [0.4, 0.5) is 5.69 Å². The molecule has 4 nitrogen and oxygen atoms in total. The third-order valence-electron chi connectivity index (χ3n) is 3.32. The van der Waals surface area contributed by atoms with Crippen molar-refractivity contribution in [2.75, 3.05) is 24.6 Å². The van der Waals surface area contributed by atoms with Gasteiger partial charge in [0.15, 0.2) is 0 Å². The number of nitrogens with two attached hydrogens (primary N) is 1. The van der Waals surface area contributed by atoms with Crippen LogP contribution in [0.2, 0.25) is 0 Å². The molecule has 2 heterocycles. The Bertz CT molecular complexity index is 353. The number of anilines is 1. The van der Waals surface area contributed by atoms with Crippen LogP contribution in [0.5, 0.6) is 0 Å². The molecule has 0 bridgehead atoms. The first kappa shape index (κ1) is 13.3. The minimum atomic E-state index is 0.368. The molecule has 1 unspecified atom stereocenters. The highest BCUT2D eigenvalue weighted by Crippen LogP contribution is 2.20. The number of pyridine rings is 1. The molecular weight excluding hydrogens is 226 g/mol. The lowest BCUT2D eigenvalue weighted by Crippen LogP contribution is -2.39. The standard InChI is InChI=1S/C14H23N3O/c1-2-8-18-14-4-3-7-17(11-14)13-6-5-12(9-15)16-10-13/h5-6,10,14H,2-4,7-9,11,15H2,1H3. The topological polar surface area (TPSA) is 51.4 Å².